The predicted octanol–water partition coefficient (Wildman–Crippen LogP) is 3.40. The van der Waals surface area contributed by atoms with E-state index in [-0.39, 0.29) is 20.6 Å². The van der Waals surface area contributed by atoms with Gasteiger partial charge in [0, 0.05) is 4.47 Å². The van der Waals surface area contributed by atoms with Gasteiger partial charge in [-0.3, -0.25) is 4.72 Å². The largest absolute Gasteiger partial charge is 0.478 e. The fraction of sp³-hybridized carbons (Fsp3) is 0.0714. The standard InChI is InChI=1S/C14H11BrFNO4S/c1-8-6-10(16)3-4-12(8)17-22(20,21)13-5-2-9(14(18)19)7-11(13)15/h2-7,17H,1H3,(H,18,19). The number of carboxylic acid groups (broad SMARTS) is 1. The summed E-state index contributed by atoms with van der Waals surface area (Å²) >= 11 is 3.05. The van der Waals surface area contributed by atoms with Gasteiger partial charge in [-0.1, -0.05) is 0 Å². The molecule has 0 aliphatic carbocycles. The molecule has 8 heteroatoms. The first-order valence-electron chi connectivity index (χ1n) is 6.02. The Balaban J connectivity index is 2.40. The number of hydrogen-bond donors (Lipinski definition) is 2. The second-order valence-corrected chi connectivity index (χ2v) is 7.02. The van der Waals surface area contributed by atoms with E-state index in [0.29, 0.717) is 5.56 Å². The number of nitrogens with one attached hydrogen (secondary N) is 1. The molecule has 0 saturated heterocycles. The van der Waals surface area contributed by atoms with Gasteiger partial charge < -0.3 is 5.11 Å². The second-order valence-electron chi connectivity index (χ2n) is 4.52. The molecule has 0 saturated carbocycles. The van der Waals surface area contributed by atoms with E-state index in [1.54, 1.807) is 6.92 Å². The van der Waals surface area contributed by atoms with Crippen LogP contribution in [0.2, 0.25) is 0 Å². The molecule has 0 radical (unpaired) electrons. The zero-order valence-corrected chi connectivity index (χ0v) is 13.7. The maximum atomic E-state index is 13.0. The Bertz CT molecular complexity index is 852. The van der Waals surface area contributed by atoms with Crippen LogP contribution in [0.15, 0.2) is 45.8 Å². The van der Waals surface area contributed by atoms with Crippen LogP contribution in [0.1, 0.15) is 15.9 Å². The number of carboxylic acids is 1. The van der Waals surface area contributed by atoms with Crippen molar-refractivity contribution in [1.82, 2.24) is 0 Å². The van der Waals surface area contributed by atoms with Crippen LogP contribution in [-0.2, 0) is 10.0 Å². The van der Waals surface area contributed by atoms with Gasteiger partial charge in [-0.2, -0.15) is 0 Å². The van der Waals surface area contributed by atoms with Gasteiger partial charge in [0.1, 0.15) is 10.7 Å². The van der Waals surface area contributed by atoms with Crippen LogP contribution in [0, 0.1) is 12.7 Å². The van der Waals surface area contributed by atoms with Crippen LogP contribution in [0.3, 0.4) is 0 Å². The minimum Gasteiger partial charge on any atom is -0.478 e. The molecule has 2 aromatic carbocycles. The molecule has 0 fully saturated rings. The van der Waals surface area contributed by atoms with E-state index in [1.807, 2.05) is 0 Å². The first kappa shape index (κ1) is 16.4. The lowest BCUT2D eigenvalue weighted by molar-refractivity contribution is 0.0696. The summed E-state index contributed by atoms with van der Waals surface area (Å²) < 4.78 is 40.2. The lowest BCUT2D eigenvalue weighted by Crippen LogP contribution is -2.15. The smallest absolute Gasteiger partial charge is 0.335 e. The molecule has 5 nitrogen and oxygen atoms in total. The van der Waals surface area contributed by atoms with Crippen molar-refractivity contribution in [2.24, 2.45) is 0 Å². The fourth-order valence-electron chi connectivity index (χ4n) is 1.79. The Hall–Kier alpha value is -1.93. The lowest BCUT2D eigenvalue weighted by Gasteiger charge is -2.12. The molecule has 0 aliphatic rings. The van der Waals surface area contributed by atoms with E-state index in [2.05, 4.69) is 20.7 Å². The van der Waals surface area contributed by atoms with Crippen molar-refractivity contribution < 1.29 is 22.7 Å². The molecule has 0 heterocycles. The quantitative estimate of drug-likeness (QED) is 0.841. The van der Waals surface area contributed by atoms with Crippen molar-refractivity contribution in [2.45, 2.75) is 11.8 Å². The Morgan fingerprint density at radius 1 is 1.23 bits per heavy atom. The number of anilines is 1. The maximum absolute atomic E-state index is 13.0. The summed E-state index contributed by atoms with van der Waals surface area (Å²) in [4.78, 5) is 10.8. The number of sulfonamides is 1. The van der Waals surface area contributed by atoms with Gasteiger partial charge in [0.05, 0.1) is 11.3 Å². The zero-order valence-electron chi connectivity index (χ0n) is 11.3. The van der Waals surface area contributed by atoms with Crippen molar-refractivity contribution in [1.29, 1.82) is 0 Å². The number of aryl methyl sites for hydroxylation is 1. The maximum Gasteiger partial charge on any atom is 0.335 e. The molecular weight excluding hydrogens is 377 g/mol. The first-order chi connectivity index (χ1) is 10.2. The Morgan fingerprint density at radius 3 is 2.45 bits per heavy atom. The Labute approximate surface area is 135 Å². The van der Waals surface area contributed by atoms with Crippen LogP contribution >= 0.6 is 15.9 Å². The molecule has 0 atom stereocenters. The number of carbonyl (C=O) groups is 1. The van der Waals surface area contributed by atoms with Crippen molar-refractivity contribution in [2.75, 3.05) is 4.72 Å². The van der Waals surface area contributed by atoms with Crippen LogP contribution < -0.4 is 4.72 Å². The zero-order chi connectivity index (χ0) is 16.5. The summed E-state index contributed by atoms with van der Waals surface area (Å²) in [5, 5.41) is 8.88. The summed E-state index contributed by atoms with van der Waals surface area (Å²) in [7, 11) is -3.93. The Morgan fingerprint density at radius 2 is 1.91 bits per heavy atom. The summed E-state index contributed by atoms with van der Waals surface area (Å²) in [5.74, 6) is -1.63. The molecule has 2 rings (SSSR count). The summed E-state index contributed by atoms with van der Waals surface area (Å²) in [6, 6.07) is 7.26. The van der Waals surface area contributed by atoms with Crippen molar-refractivity contribution in [3.8, 4) is 0 Å². The molecule has 0 unspecified atom stereocenters. The van der Waals surface area contributed by atoms with Crippen LogP contribution in [0.4, 0.5) is 10.1 Å². The van der Waals surface area contributed by atoms with Gasteiger partial charge in [-0.05, 0) is 64.8 Å². The number of aromatic carboxylic acids is 1. The Kier molecular flexibility index (Phi) is 4.52. The van der Waals surface area contributed by atoms with Crippen LogP contribution in [0.5, 0.6) is 0 Å². The highest BCUT2D eigenvalue weighted by Crippen LogP contribution is 2.26. The fourth-order valence-corrected chi connectivity index (χ4v) is 4.00. The monoisotopic (exact) mass is 387 g/mol. The van der Waals surface area contributed by atoms with Gasteiger partial charge in [0.2, 0.25) is 0 Å². The average molecular weight is 388 g/mol. The van der Waals surface area contributed by atoms with E-state index in [9.17, 15) is 17.6 Å². The van der Waals surface area contributed by atoms with Crippen molar-refractivity contribution >= 4 is 37.6 Å². The minimum atomic E-state index is -3.93. The van der Waals surface area contributed by atoms with Gasteiger partial charge in [-0.15, -0.1) is 0 Å². The lowest BCUT2D eigenvalue weighted by atomic mass is 10.2. The second kappa shape index (κ2) is 6.05. The highest BCUT2D eigenvalue weighted by Gasteiger charge is 2.20. The number of halogens is 2. The third-order valence-electron chi connectivity index (χ3n) is 2.90. The molecular formula is C14H11BrFNO4S. The summed E-state index contributed by atoms with van der Waals surface area (Å²) in [5.41, 5.74) is 0.640. The van der Waals surface area contributed by atoms with Gasteiger partial charge in [-0.25, -0.2) is 17.6 Å². The molecule has 116 valence electrons. The first-order valence-corrected chi connectivity index (χ1v) is 8.30. The number of rotatable bonds is 4. The SMILES string of the molecule is Cc1cc(F)ccc1NS(=O)(=O)c1ccc(C(=O)O)cc1Br. The number of hydrogen-bond acceptors (Lipinski definition) is 3. The molecule has 22 heavy (non-hydrogen) atoms. The molecule has 2 aromatic rings. The molecule has 2 N–H and O–H groups in total. The van der Waals surface area contributed by atoms with E-state index < -0.39 is 21.8 Å². The predicted molar refractivity (Wildman–Crippen MR) is 83.0 cm³/mol. The normalized spacial score (nSPS) is 11.2. The van der Waals surface area contributed by atoms with Crippen molar-refractivity contribution in [3.63, 3.8) is 0 Å². The van der Waals surface area contributed by atoms with Gasteiger partial charge >= 0.3 is 5.97 Å². The van der Waals surface area contributed by atoms with E-state index >= 15 is 0 Å². The highest BCUT2D eigenvalue weighted by molar-refractivity contribution is 9.10. The number of benzene rings is 2. The molecule has 0 aromatic heterocycles. The third-order valence-corrected chi connectivity index (χ3v) is 5.24. The highest BCUT2D eigenvalue weighted by atomic mass is 79.9. The topological polar surface area (TPSA) is 83.5 Å². The van der Waals surface area contributed by atoms with Crippen LogP contribution in [0.25, 0.3) is 0 Å². The minimum absolute atomic E-state index is 0.0382. The summed E-state index contributed by atoms with van der Waals surface area (Å²) in [6.45, 7) is 1.57. The van der Waals surface area contributed by atoms with E-state index in [0.717, 1.165) is 6.07 Å². The molecule has 0 bridgehead atoms. The van der Waals surface area contributed by atoms with E-state index in [1.165, 1.54) is 30.3 Å². The third kappa shape index (κ3) is 3.45. The van der Waals surface area contributed by atoms with Gasteiger partial charge in [0.25, 0.3) is 10.0 Å². The molecule has 0 aliphatic heterocycles. The van der Waals surface area contributed by atoms with Gasteiger partial charge in [0.15, 0.2) is 0 Å². The summed E-state index contributed by atoms with van der Waals surface area (Å²) in [6.07, 6.45) is 0. The molecule has 0 spiro atoms. The average Bonchev–Trinajstić information content (AvgIpc) is 2.41. The van der Waals surface area contributed by atoms with E-state index in [4.69, 9.17) is 5.11 Å². The van der Waals surface area contributed by atoms with Crippen LogP contribution in [-0.4, -0.2) is 19.5 Å². The van der Waals surface area contributed by atoms with Crippen molar-refractivity contribution in [3.05, 3.63) is 57.8 Å². The molecule has 0 amide bonds.